The molecule has 1 atom stereocenters. The SMILES string of the molecule is COc1cc(-n2cnc(Nc3nc4c(c(N5CCC[C@H]5CO)n3)CCN(Cc3cccnc3)C4)c2)cc(C)c1C. The first kappa shape index (κ1) is 26.2. The van der Waals surface area contributed by atoms with E-state index in [1.54, 1.807) is 19.6 Å². The summed E-state index contributed by atoms with van der Waals surface area (Å²) in [7, 11) is 1.69. The van der Waals surface area contributed by atoms with Crippen LogP contribution < -0.4 is 15.0 Å². The number of rotatable bonds is 8. The molecule has 0 radical (unpaired) electrons. The highest BCUT2D eigenvalue weighted by Gasteiger charge is 2.31. The van der Waals surface area contributed by atoms with E-state index in [4.69, 9.17) is 14.7 Å². The van der Waals surface area contributed by atoms with Gasteiger partial charge in [0.2, 0.25) is 5.95 Å². The number of methoxy groups -OCH3 is 1. The minimum atomic E-state index is 0.0826. The van der Waals surface area contributed by atoms with Gasteiger partial charge in [0, 0.05) is 50.2 Å². The molecule has 40 heavy (non-hydrogen) atoms. The van der Waals surface area contributed by atoms with E-state index >= 15 is 0 Å². The molecule has 6 rings (SSSR count). The highest BCUT2D eigenvalue weighted by atomic mass is 16.5. The van der Waals surface area contributed by atoms with Gasteiger partial charge in [0.25, 0.3) is 0 Å². The number of aryl methyl sites for hydroxylation is 1. The van der Waals surface area contributed by atoms with Crippen molar-refractivity contribution < 1.29 is 9.84 Å². The Kier molecular flexibility index (Phi) is 7.36. The third kappa shape index (κ3) is 5.24. The van der Waals surface area contributed by atoms with E-state index in [0.29, 0.717) is 11.8 Å². The van der Waals surface area contributed by atoms with E-state index in [1.165, 1.54) is 11.1 Å². The quantitative estimate of drug-likeness (QED) is 0.344. The van der Waals surface area contributed by atoms with Gasteiger partial charge in [-0.2, -0.15) is 4.98 Å². The third-order valence-corrected chi connectivity index (χ3v) is 8.06. The number of nitrogens with zero attached hydrogens (tertiary/aromatic N) is 7. The molecule has 0 unspecified atom stereocenters. The lowest BCUT2D eigenvalue weighted by molar-refractivity contribution is 0.240. The van der Waals surface area contributed by atoms with Crippen molar-refractivity contribution in [2.45, 2.75) is 52.2 Å². The molecule has 4 aromatic rings. The summed E-state index contributed by atoms with van der Waals surface area (Å²) in [5.74, 6) is 2.96. The van der Waals surface area contributed by atoms with Gasteiger partial charge >= 0.3 is 0 Å². The molecule has 2 N–H and O–H groups in total. The number of fused-ring (bicyclic) bond motifs is 1. The van der Waals surface area contributed by atoms with E-state index in [-0.39, 0.29) is 12.6 Å². The van der Waals surface area contributed by atoms with Crippen molar-refractivity contribution in [3.63, 3.8) is 0 Å². The number of nitrogens with one attached hydrogen (secondary N) is 1. The van der Waals surface area contributed by atoms with E-state index in [2.05, 4.69) is 51.1 Å². The summed E-state index contributed by atoms with van der Waals surface area (Å²) in [6, 6.07) is 8.30. The van der Waals surface area contributed by atoms with Crippen molar-refractivity contribution in [2.75, 3.05) is 37.0 Å². The Balaban J connectivity index is 1.30. The molecular formula is C30H36N8O2. The zero-order valence-electron chi connectivity index (χ0n) is 23.3. The van der Waals surface area contributed by atoms with Crippen LogP contribution >= 0.6 is 0 Å². The molecule has 3 aromatic heterocycles. The van der Waals surface area contributed by atoms with Crippen molar-refractivity contribution in [1.82, 2.24) is 29.4 Å². The fourth-order valence-corrected chi connectivity index (χ4v) is 5.76. The van der Waals surface area contributed by atoms with Gasteiger partial charge in [-0.1, -0.05) is 6.07 Å². The monoisotopic (exact) mass is 540 g/mol. The Labute approximate surface area is 234 Å². The molecule has 0 spiro atoms. The molecule has 0 saturated carbocycles. The lowest BCUT2D eigenvalue weighted by Gasteiger charge is -2.33. The number of imidazole rings is 1. The number of aliphatic hydroxyl groups excluding tert-OH is 1. The number of ether oxygens (including phenoxy) is 1. The number of aromatic nitrogens is 5. The third-order valence-electron chi connectivity index (χ3n) is 8.06. The first-order valence-electron chi connectivity index (χ1n) is 13.9. The van der Waals surface area contributed by atoms with Gasteiger partial charge in [0.05, 0.1) is 37.3 Å². The lowest BCUT2D eigenvalue weighted by Crippen LogP contribution is -2.37. The van der Waals surface area contributed by atoms with Crippen LogP contribution in [-0.2, 0) is 19.5 Å². The van der Waals surface area contributed by atoms with E-state index in [0.717, 1.165) is 79.5 Å². The number of pyridine rings is 1. The summed E-state index contributed by atoms with van der Waals surface area (Å²) >= 11 is 0. The molecule has 1 aromatic carbocycles. The van der Waals surface area contributed by atoms with Crippen LogP contribution in [0, 0.1) is 13.8 Å². The fraction of sp³-hybridized carbons (Fsp3) is 0.400. The molecule has 2 aliphatic rings. The zero-order valence-corrected chi connectivity index (χ0v) is 23.3. The molecule has 0 amide bonds. The van der Waals surface area contributed by atoms with Crippen LogP contribution in [0.3, 0.4) is 0 Å². The Morgan fingerprint density at radius 1 is 1.18 bits per heavy atom. The van der Waals surface area contributed by atoms with Crippen molar-refractivity contribution in [1.29, 1.82) is 0 Å². The zero-order chi connectivity index (χ0) is 27.6. The van der Waals surface area contributed by atoms with Crippen molar-refractivity contribution in [3.8, 4) is 11.4 Å². The van der Waals surface area contributed by atoms with E-state index < -0.39 is 0 Å². The normalized spacial score (nSPS) is 17.2. The maximum Gasteiger partial charge on any atom is 0.230 e. The fourth-order valence-electron chi connectivity index (χ4n) is 5.76. The molecular weight excluding hydrogens is 504 g/mol. The summed E-state index contributed by atoms with van der Waals surface area (Å²) in [4.78, 5) is 23.5. The average Bonchev–Trinajstić information content (AvgIpc) is 3.64. The Morgan fingerprint density at radius 2 is 2.08 bits per heavy atom. The maximum absolute atomic E-state index is 10.1. The van der Waals surface area contributed by atoms with E-state index in [1.807, 2.05) is 29.1 Å². The van der Waals surface area contributed by atoms with Crippen LogP contribution in [0.2, 0.25) is 0 Å². The number of hydrogen-bond donors (Lipinski definition) is 2. The van der Waals surface area contributed by atoms with Crippen molar-refractivity contribution >= 4 is 17.6 Å². The topological polar surface area (TPSA) is 104 Å². The Morgan fingerprint density at radius 3 is 2.88 bits per heavy atom. The molecule has 1 saturated heterocycles. The van der Waals surface area contributed by atoms with Gasteiger partial charge in [-0.05, 0) is 61.9 Å². The van der Waals surface area contributed by atoms with E-state index in [9.17, 15) is 5.11 Å². The Bertz CT molecular complexity index is 1490. The summed E-state index contributed by atoms with van der Waals surface area (Å²) in [6.07, 6.45) is 10.3. The standard InChI is InChI=1S/C30H36N8O2/c1-20-12-24(13-27(40-3)21(20)2)37-17-28(32-19-37)34-30-33-26-16-36(15-22-6-4-9-31-14-22)11-8-25(26)29(35-30)38-10-5-7-23(38)18-39/h4,6,9,12-14,17,19,23,39H,5,7-8,10-11,15-16,18H2,1-3H3,(H,33,34,35)/t23-/m0/s1. The lowest BCUT2D eigenvalue weighted by atomic mass is 10.0. The molecule has 1 fully saturated rings. The predicted octanol–water partition coefficient (Wildman–Crippen LogP) is 3.95. The summed E-state index contributed by atoms with van der Waals surface area (Å²) in [6.45, 7) is 7.62. The minimum absolute atomic E-state index is 0.0826. The number of aliphatic hydroxyl groups is 1. The average molecular weight is 541 g/mol. The van der Waals surface area contributed by atoms with Crippen LogP contribution in [0.5, 0.6) is 5.75 Å². The molecule has 0 bridgehead atoms. The van der Waals surface area contributed by atoms with Crippen molar-refractivity contribution in [3.05, 3.63) is 77.1 Å². The van der Waals surface area contributed by atoms with Crippen LogP contribution in [0.1, 0.15) is 40.8 Å². The molecule has 10 nitrogen and oxygen atoms in total. The highest BCUT2D eigenvalue weighted by molar-refractivity contribution is 5.58. The smallest absolute Gasteiger partial charge is 0.230 e. The maximum atomic E-state index is 10.1. The molecule has 0 aliphatic carbocycles. The summed E-state index contributed by atoms with van der Waals surface area (Å²) in [5, 5.41) is 13.4. The Hall–Kier alpha value is -4.02. The van der Waals surface area contributed by atoms with Crippen LogP contribution in [-0.4, -0.2) is 67.4 Å². The first-order valence-corrected chi connectivity index (χ1v) is 13.9. The van der Waals surface area contributed by atoms with Gasteiger partial charge in [0.15, 0.2) is 5.82 Å². The van der Waals surface area contributed by atoms with Gasteiger partial charge in [-0.25, -0.2) is 9.97 Å². The van der Waals surface area contributed by atoms with Crippen LogP contribution in [0.25, 0.3) is 5.69 Å². The predicted molar refractivity (Wildman–Crippen MR) is 154 cm³/mol. The summed E-state index contributed by atoms with van der Waals surface area (Å²) in [5.41, 5.74) is 6.64. The molecule has 2 aliphatic heterocycles. The van der Waals surface area contributed by atoms with Gasteiger partial charge in [-0.15, -0.1) is 0 Å². The van der Waals surface area contributed by atoms with Crippen LogP contribution in [0.15, 0.2) is 49.2 Å². The van der Waals surface area contributed by atoms with Crippen molar-refractivity contribution in [2.24, 2.45) is 0 Å². The largest absolute Gasteiger partial charge is 0.496 e. The number of anilines is 3. The van der Waals surface area contributed by atoms with Gasteiger partial charge < -0.3 is 24.6 Å². The number of benzene rings is 1. The summed E-state index contributed by atoms with van der Waals surface area (Å²) < 4.78 is 7.54. The minimum Gasteiger partial charge on any atom is -0.496 e. The molecule has 5 heterocycles. The number of hydrogen-bond acceptors (Lipinski definition) is 9. The molecule has 208 valence electrons. The van der Waals surface area contributed by atoms with Gasteiger partial charge in [0.1, 0.15) is 17.9 Å². The second-order valence-electron chi connectivity index (χ2n) is 10.7. The highest BCUT2D eigenvalue weighted by Crippen LogP contribution is 2.33. The second-order valence-corrected chi connectivity index (χ2v) is 10.7. The van der Waals surface area contributed by atoms with Crippen LogP contribution in [0.4, 0.5) is 17.6 Å². The first-order chi connectivity index (χ1) is 19.5. The van der Waals surface area contributed by atoms with Gasteiger partial charge in [-0.3, -0.25) is 9.88 Å². The molecule has 10 heteroatoms. The second kappa shape index (κ2) is 11.2.